The zero-order chi connectivity index (χ0) is 15.0. The van der Waals surface area contributed by atoms with Crippen LogP contribution < -0.4 is 14.8 Å². The first-order valence-electron chi connectivity index (χ1n) is 6.29. The van der Waals surface area contributed by atoms with E-state index in [0.29, 0.717) is 12.4 Å². The highest BCUT2D eigenvalue weighted by atomic mass is 16.5. The summed E-state index contributed by atoms with van der Waals surface area (Å²) in [6, 6.07) is 6.24. The van der Waals surface area contributed by atoms with Crippen molar-refractivity contribution in [1.29, 1.82) is 0 Å². The standard InChI is InChI=1S/C14H19NO5/c1-4-19-11-5-7-12(8-6-11)20-9-13(16)15-10(2)14(17)18-3/h5-8,10H,4,9H2,1-3H3,(H,15,16). The van der Waals surface area contributed by atoms with Crippen LogP contribution in [0.25, 0.3) is 0 Å². The molecule has 1 rings (SSSR count). The molecule has 1 atom stereocenters. The lowest BCUT2D eigenvalue weighted by atomic mass is 10.3. The third kappa shape index (κ3) is 5.17. The van der Waals surface area contributed by atoms with Gasteiger partial charge in [0, 0.05) is 0 Å². The van der Waals surface area contributed by atoms with Gasteiger partial charge in [0.15, 0.2) is 6.61 Å². The minimum Gasteiger partial charge on any atom is -0.494 e. The fourth-order valence-electron chi connectivity index (χ4n) is 1.47. The van der Waals surface area contributed by atoms with Gasteiger partial charge >= 0.3 is 5.97 Å². The van der Waals surface area contributed by atoms with Gasteiger partial charge in [-0.3, -0.25) is 4.79 Å². The van der Waals surface area contributed by atoms with E-state index in [9.17, 15) is 9.59 Å². The molecule has 1 aromatic carbocycles. The number of hydrogen-bond donors (Lipinski definition) is 1. The number of ether oxygens (including phenoxy) is 3. The van der Waals surface area contributed by atoms with E-state index in [1.165, 1.54) is 7.11 Å². The Bertz CT molecular complexity index is 443. The Hall–Kier alpha value is -2.24. The highest BCUT2D eigenvalue weighted by Crippen LogP contribution is 2.17. The summed E-state index contributed by atoms with van der Waals surface area (Å²) < 4.78 is 15.1. The molecule has 0 spiro atoms. The summed E-state index contributed by atoms with van der Waals surface area (Å²) in [5.41, 5.74) is 0. The van der Waals surface area contributed by atoms with Gasteiger partial charge in [-0.05, 0) is 38.1 Å². The Kier molecular flexibility index (Phi) is 6.36. The average Bonchev–Trinajstić information content (AvgIpc) is 2.46. The second-order valence-corrected chi connectivity index (χ2v) is 4.01. The lowest BCUT2D eigenvalue weighted by Gasteiger charge is -2.12. The molecule has 1 N–H and O–H groups in total. The van der Waals surface area contributed by atoms with Crippen molar-refractivity contribution < 1.29 is 23.8 Å². The topological polar surface area (TPSA) is 73.9 Å². The number of hydrogen-bond acceptors (Lipinski definition) is 5. The van der Waals surface area contributed by atoms with Gasteiger partial charge in [-0.15, -0.1) is 0 Å². The van der Waals surface area contributed by atoms with E-state index in [4.69, 9.17) is 9.47 Å². The van der Waals surface area contributed by atoms with Gasteiger partial charge in [0.25, 0.3) is 5.91 Å². The summed E-state index contributed by atoms with van der Waals surface area (Å²) in [4.78, 5) is 22.7. The van der Waals surface area contributed by atoms with Gasteiger partial charge in [-0.25, -0.2) is 4.79 Å². The molecule has 0 aliphatic carbocycles. The van der Waals surface area contributed by atoms with Crippen molar-refractivity contribution in [1.82, 2.24) is 5.32 Å². The van der Waals surface area contributed by atoms with Crippen molar-refractivity contribution in [3.63, 3.8) is 0 Å². The maximum Gasteiger partial charge on any atom is 0.328 e. The highest BCUT2D eigenvalue weighted by Gasteiger charge is 2.15. The molecule has 0 aliphatic rings. The number of carbonyl (C=O) groups excluding carboxylic acids is 2. The first kappa shape index (κ1) is 15.8. The molecule has 1 amide bonds. The molecule has 0 heterocycles. The van der Waals surface area contributed by atoms with Crippen LogP contribution in [0, 0.1) is 0 Å². The number of nitrogens with one attached hydrogen (secondary N) is 1. The smallest absolute Gasteiger partial charge is 0.328 e. The molecular formula is C14H19NO5. The van der Waals surface area contributed by atoms with E-state index < -0.39 is 17.9 Å². The molecular weight excluding hydrogens is 262 g/mol. The van der Waals surface area contributed by atoms with Gasteiger partial charge in [0.2, 0.25) is 0 Å². The Morgan fingerprint density at radius 2 is 1.70 bits per heavy atom. The quantitative estimate of drug-likeness (QED) is 0.759. The van der Waals surface area contributed by atoms with Gasteiger partial charge in [-0.2, -0.15) is 0 Å². The number of carbonyl (C=O) groups is 2. The minimum absolute atomic E-state index is 0.171. The fourth-order valence-corrected chi connectivity index (χ4v) is 1.47. The first-order valence-corrected chi connectivity index (χ1v) is 6.29. The predicted octanol–water partition coefficient (Wildman–Crippen LogP) is 1.14. The lowest BCUT2D eigenvalue weighted by Crippen LogP contribution is -2.41. The number of esters is 1. The van der Waals surface area contributed by atoms with E-state index in [1.807, 2.05) is 6.92 Å². The predicted molar refractivity (Wildman–Crippen MR) is 72.7 cm³/mol. The molecule has 0 fully saturated rings. The molecule has 1 unspecified atom stereocenters. The summed E-state index contributed by atoms with van der Waals surface area (Å²) in [6.07, 6.45) is 0. The Morgan fingerprint density at radius 1 is 1.15 bits per heavy atom. The van der Waals surface area contributed by atoms with Crippen LogP contribution in [0.15, 0.2) is 24.3 Å². The zero-order valence-corrected chi connectivity index (χ0v) is 11.8. The Labute approximate surface area is 118 Å². The number of rotatable bonds is 7. The third-order valence-electron chi connectivity index (χ3n) is 2.44. The average molecular weight is 281 g/mol. The molecule has 6 heteroatoms. The van der Waals surface area contributed by atoms with Gasteiger partial charge in [-0.1, -0.05) is 0 Å². The minimum atomic E-state index is -0.698. The summed E-state index contributed by atoms with van der Waals surface area (Å²) in [5, 5.41) is 2.47. The molecule has 110 valence electrons. The van der Waals surface area contributed by atoms with Gasteiger partial charge < -0.3 is 19.5 Å². The van der Waals surface area contributed by atoms with Crippen LogP contribution >= 0.6 is 0 Å². The van der Waals surface area contributed by atoms with Gasteiger partial charge in [0.1, 0.15) is 17.5 Å². The third-order valence-corrected chi connectivity index (χ3v) is 2.44. The van der Waals surface area contributed by atoms with Crippen molar-refractivity contribution in [3.8, 4) is 11.5 Å². The normalized spacial score (nSPS) is 11.3. The van der Waals surface area contributed by atoms with Crippen molar-refractivity contribution in [3.05, 3.63) is 24.3 Å². The second-order valence-electron chi connectivity index (χ2n) is 4.01. The van der Waals surface area contributed by atoms with Crippen LogP contribution in [-0.2, 0) is 14.3 Å². The number of benzene rings is 1. The molecule has 6 nitrogen and oxygen atoms in total. The summed E-state index contributed by atoms with van der Waals surface area (Å²) in [6.45, 7) is 3.86. The van der Waals surface area contributed by atoms with Crippen molar-refractivity contribution in [2.75, 3.05) is 20.3 Å². The van der Waals surface area contributed by atoms with Crippen molar-refractivity contribution in [2.24, 2.45) is 0 Å². The maximum atomic E-state index is 11.5. The number of methoxy groups -OCH3 is 1. The van der Waals surface area contributed by atoms with Crippen LogP contribution in [0.3, 0.4) is 0 Å². The Morgan fingerprint density at radius 3 is 2.20 bits per heavy atom. The summed E-state index contributed by atoms with van der Waals surface area (Å²) >= 11 is 0. The maximum absolute atomic E-state index is 11.5. The molecule has 0 aliphatic heterocycles. The van der Waals surface area contributed by atoms with Crippen molar-refractivity contribution >= 4 is 11.9 Å². The molecule has 0 aromatic heterocycles. The highest BCUT2D eigenvalue weighted by molar-refractivity contribution is 5.84. The van der Waals surface area contributed by atoms with Crippen molar-refractivity contribution in [2.45, 2.75) is 19.9 Å². The van der Waals surface area contributed by atoms with Gasteiger partial charge in [0.05, 0.1) is 13.7 Å². The van der Waals surface area contributed by atoms with E-state index in [0.717, 1.165) is 5.75 Å². The Balaban J connectivity index is 2.38. The monoisotopic (exact) mass is 281 g/mol. The largest absolute Gasteiger partial charge is 0.494 e. The molecule has 1 aromatic rings. The summed E-state index contributed by atoms with van der Waals surface area (Å²) in [7, 11) is 1.27. The van der Waals surface area contributed by atoms with E-state index >= 15 is 0 Å². The van der Waals surface area contributed by atoms with E-state index in [-0.39, 0.29) is 6.61 Å². The first-order chi connectivity index (χ1) is 9.56. The van der Waals surface area contributed by atoms with Crippen LogP contribution in [0.2, 0.25) is 0 Å². The zero-order valence-electron chi connectivity index (χ0n) is 11.8. The van der Waals surface area contributed by atoms with Crippen LogP contribution in [0.1, 0.15) is 13.8 Å². The molecule has 0 bridgehead atoms. The van der Waals surface area contributed by atoms with E-state index in [1.54, 1.807) is 31.2 Å². The second kappa shape index (κ2) is 8.04. The van der Waals surface area contributed by atoms with E-state index in [2.05, 4.69) is 10.1 Å². The number of amides is 1. The molecule has 0 radical (unpaired) electrons. The molecule has 0 saturated heterocycles. The van der Waals surface area contributed by atoms with Crippen LogP contribution in [0.4, 0.5) is 0 Å². The molecule has 0 saturated carbocycles. The fraction of sp³-hybridized carbons (Fsp3) is 0.429. The lowest BCUT2D eigenvalue weighted by molar-refractivity contribution is -0.144. The van der Waals surface area contributed by atoms with Crippen LogP contribution in [-0.4, -0.2) is 38.2 Å². The SMILES string of the molecule is CCOc1ccc(OCC(=O)NC(C)C(=O)OC)cc1. The summed E-state index contributed by atoms with van der Waals surface area (Å²) in [5.74, 6) is 0.397. The molecule has 20 heavy (non-hydrogen) atoms. The van der Waals surface area contributed by atoms with Crippen LogP contribution in [0.5, 0.6) is 11.5 Å².